The second-order valence-corrected chi connectivity index (χ2v) is 7.04. The van der Waals surface area contributed by atoms with E-state index in [9.17, 15) is 13.6 Å². The zero-order valence-electron chi connectivity index (χ0n) is 14.6. The number of benzene rings is 2. The van der Waals surface area contributed by atoms with Crippen molar-refractivity contribution in [1.29, 1.82) is 0 Å². The van der Waals surface area contributed by atoms with Gasteiger partial charge in [-0.3, -0.25) is 4.79 Å². The van der Waals surface area contributed by atoms with Crippen molar-refractivity contribution in [2.45, 2.75) is 30.4 Å². The Morgan fingerprint density at radius 1 is 1.00 bits per heavy atom. The maximum atomic E-state index is 13.0. The number of aromatic nitrogens is 2. The number of ketones is 1. The van der Waals surface area contributed by atoms with Crippen molar-refractivity contribution in [3.05, 3.63) is 71.6 Å². The van der Waals surface area contributed by atoms with Crippen LogP contribution < -0.4 is 4.74 Å². The van der Waals surface area contributed by atoms with Crippen LogP contribution in [0, 0.1) is 11.6 Å². The molecule has 0 aliphatic heterocycles. The summed E-state index contributed by atoms with van der Waals surface area (Å²) in [5, 5.41) is 7.58. The van der Waals surface area contributed by atoms with Crippen molar-refractivity contribution >= 4 is 17.5 Å². The molecular formula is C19H16F2N2O3S. The fourth-order valence-electron chi connectivity index (χ4n) is 2.25. The van der Waals surface area contributed by atoms with Crippen molar-refractivity contribution in [3.8, 4) is 5.75 Å². The molecule has 2 atom stereocenters. The van der Waals surface area contributed by atoms with Crippen molar-refractivity contribution in [2.75, 3.05) is 0 Å². The Labute approximate surface area is 158 Å². The summed E-state index contributed by atoms with van der Waals surface area (Å²) >= 11 is 1.11. The monoisotopic (exact) mass is 390 g/mol. The molecule has 0 saturated carbocycles. The normalized spacial score (nSPS) is 13.2. The highest BCUT2D eigenvalue weighted by molar-refractivity contribution is 8.00. The van der Waals surface area contributed by atoms with Crippen LogP contribution in [0.1, 0.15) is 36.2 Å². The third kappa shape index (κ3) is 4.91. The number of halogens is 2. The van der Waals surface area contributed by atoms with Crippen LogP contribution in [0.3, 0.4) is 0 Å². The molecule has 2 aromatic carbocycles. The molecule has 1 heterocycles. The molecule has 0 radical (unpaired) electrons. The van der Waals surface area contributed by atoms with Gasteiger partial charge in [-0.2, -0.15) is 0 Å². The van der Waals surface area contributed by atoms with Gasteiger partial charge in [0.2, 0.25) is 0 Å². The van der Waals surface area contributed by atoms with E-state index in [0.29, 0.717) is 11.3 Å². The quantitative estimate of drug-likeness (QED) is 0.424. The molecule has 0 saturated heterocycles. The lowest BCUT2D eigenvalue weighted by Gasteiger charge is -2.10. The van der Waals surface area contributed by atoms with Crippen LogP contribution in [0.25, 0.3) is 0 Å². The number of ether oxygens (including phenoxy) is 1. The third-order valence-electron chi connectivity index (χ3n) is 3.67. The highest BCUT2D eigenvalue weighted by Crippen LogP contribution is 2.27. The van der Waals surface area contributed by atoms with Crippen LogP contribution in [0.15, 0.2) is 58.2 Å². The molecule has 0 N–H and O–H groups in total. The van der Waals surface area contributed by atoms with Crippen molar-refractivity contribution < 1.29 is 22.7 Å². The molecule has 0 fully saturated rings. The minimum Gasteiger partial charge on any atom is -0.481 e. The van der Waals surface area contributed by atoms with Crippen LogP contribution >= 0.6 is 11.8 Å². The Balaban J connectivity index is 1.61. The van der Waals surface area contributed by atoms with E-state index in [1.165, 1.54) is 48.5 Å². The van der Waals surface area contributed by atoms with Gasteiger partial charge in [-0.25, -0.2) is 8.78 Å². The molecule has 0 unspecified atom stereocenters. The molecule has 0 spiro atoms. The topological polar surface area (TPSA) is 65.2 Å². The Morgan fingerprint density at radius 2 is 1.59 bits per heavy atom. The summed E-state index contributed by atoms with van der Waals surface area (Å²) in [7, 11) is 0. The lowest BCUT2D eigenvalue weighted by molar-refractivity contribution is 0.0993. The van der Waals surface area contributed by atoms with E-state index in [1.807, 2.05) is 0 Å². The van der Waals surface area contributed by atoms with Gasteiger partial charge in [0.1, 0.15) is 17.4 Å². The van der Waals surface area contributed by atoms with Gasteiger partial charge < -0.3 is 9.15 Å². The first-order valence-electron chi connectivity index (χ1n) is 8.14. The Bertz CT molecular complexity index is 913. The molecule has 3 aromatic rings. The summed E-state index contributed by atoms with van der Waals surface area (Å²) < 4.78 is 37.1. The number of rotatable bonds is 7. The standard InChI is InChI=1S/C19H16F2N2O3S/c1-11(25-16-9-7-15(21)8-10-16)18-22-23-19(26-18)27-12(2)17(24)13-3-5-14(20)6-4-13/h3-12H,1-2H3/t11-,12+/m1/s1. The smallest absolute Gasteiger partial charge is 0.277 e. The summed E-state index contributed by atoms with van der Waals surface area (Å²) in [5.41, 5.74) is 0.407. The van der Waals surface area contributed by atoms with E-state index >= 15 is 0 Å². The molecule has 0 bridgehead atoms. The van der Waals surface area contributed by atoms with Gasteiger partial charge in [0.15, 0.2) is 11.9 Å². The second kappa shape index (κ2) is 8.30. The molecule has 0 amide bonds. The lowest BCUT2D eigenvalue weighted by atomic mass is 10.1. The average molecular weight is 390 g/mol. The second-order valence-electron chi connectivity index (χ2n) is 5.75. The minimum absolute atomic E-state index is 0.171. The van der Waals surface area contributed by atoms with Crippen LogP contribution in [0.2, 0.25) is 0 Å². The van der Waals surface area contributed by atoms with E-state index in [0.717, 1.165) is 11.8 Å². The van der Waals surface area contributed by atoms with Crippen LogP contribution in [0.4, 0.5) is 8.78 Å². The fraction of sp³-hybridized carbons (Fsp3) is 0.211. The van der Waals surface area contributed by atoms with Gasteiger partial charge in [-0.15, -0.1) is 10.2 Å². The zero-order chi connectivity index (χ0) is 19.4. The zero-order valence-corrected chi connectivity index (χ0v) is 15.4. The molecule has 3 rings (SSSR count). The van der Waals surface area contributed by atoms with E-state index in [1.54, 1.807) is 13.8 Å². The van der Waals surface area contributed by atoms with Gasteiger partial charge in [0.05, 0.1) is 5.25 Å². The van der Waals surface area contributed by atoms with Gasteiger partial charge in [-0.05, 0) is 62.4 Å². The lowest BCUT2D eigenvalue weighted by Crippen LogP contribution is -2.13. The number of carbonyl (C=O) groups is 1. The fourth-order valence-corrected chi connectivity index (χ4v) is 3.02. The largest absolute Gasteiger partial charge is 0.481 e. The summed E-state index contributed by atoms with van der Waals surface area (Å²) in [5.74, 6) is -0.218. The predicted molar refractivity (Wildman–Crippen MR) is 95.8 cm³/mol. The first-order valence-corrected chi connectivity index (χ1v) is 9.02. The van der Waals surface area contributed by atoms with Crippen molar-refractivity contribution in [2.24, 2.45) is 0 Å². The number of thioether (sulfide) groups is 1. The molecule has 0 aliphatic rings. The van der Waals surface area contributed by atoms with E-state index in [2.05, 4.69) is 10.2 Å². The van der Waals surface area contributed by atoms with Crippen LogP contribution in [-0.4, -0.2) is 21.2 Å². The third-order valence-corrected chi connectivity index (χ3v) is 4.61. The highest BCUT2D eigenvalue weighted by atomic mass is 32.2. The maximum absolute atomic E-state index is 13.0. The Kier molecular flexibility index (Phi) is 5.85. The van der Waals surface area contributed by atoms with Gasteiger partial charge in [0.25, 0.3) is 11.1 Å². The van der Waals surface area contributed by atoms with Crippen LogP contribution in [-0.2, 0) is 0 Å². The molecule has 140 valence electrons. The van der Waals surface area contributed by atoms with Gasteiger partial charge in [-0.1, -0.05) is 11.8 Å². The van der Waals surface area contributed by atoms with E-state index in [4.69, 9.17) is 9.15 Å². The first kappa shape index (κ1) is 19.0. The van der Waals surface area contributed by atoms with E-state index in [-0.39, 0.29) is 22.7 Å². The summed E-state index contributed by atoms with van der Waals surface area (Å²) in [6.45, 7) is 3.43. The van der Waals surface area contributed by atoms with E-state index < -0.39 is 17.2 Å². The minimum atomic E-state index is -0.541. The molecule has 0 aliphatic carbocycles. The summed E-state index contributed by atoms with van der Waals surface area (Å²) in [4.78, 5) is 12.4. The number of nitrogens with zero attached hydrogens (tertiary/aromatic N) is 2. The summed E-state index contributed by atoms with van der Waals surface area (Å²) in [6, 6.07) is 10.9. The van der Waals surface area contributed by atoms with Crippen LogP contribution in [0.5, 0.6) is 5.75 Å². The predicted octanol–water partition coefficient (Wildman–Crippen LogP) is 4.85. The Morgan fingerprint density at radius 3 is 2.22 bits per heavy atom. The number of hydrogen-bond donors (Lipinski definition) is 0. The number of hydrogen-bond acceptors (Lipinski definition) is 6. The molecule has 5 nitrogen and oxygen atoms in total. The first-order chi connectivity index (χ1) is 12.9. The molecular weight excluding hydrogens is 374 g/mol. The molecule has 8 heteroatoms. The number of carbonyl (C=O) groups excluding carboxylic acids is 1. The van der Waals surface area contributed by atoms with Gasteiger partial charge in [0, 0.05) is 5.56 Å². The average Bonchev–Trinajstić information content (AvgIpc) is 3.12. The summed E-state index contributed by atoms with van der Waals surface area (Å²) in [6.07, 6.45) is -0.541. The molecule has 1 aromatic heterocycles. The Hall–Kier alpha value is -2.74. The van der Waals surface area contributed by atoms with Gasteiger partial charge >= 0.3 is 0 Å². The highest BCUT2D eigenvalue weighted by Gasteiger charge is 2.22. The van der Waals surface area contributed by atoms with Crippen molar-refractivity contribution in [1.82, 2.24) is 10.2 Å². The van der Waals surface area contributed by atoms with Crippen molar-refractivity contribution in [3.63, 3.8) is 0 Å². The SMILES string of the molecule is C[C@H](Sc1nnc([C@@H](C)Oc2ccc(F)cc2)o1)C(=O)c1ccc(F)cc1. The maximum Gasteiger partial charge on any atom is 0.277 e. The molecule has 27 heavy (non-hydrogen) atoms. The number of Topliss-reactive ketones (excluding diaryl/α,β-unsaturated/α-hetero) is 1.